The number of nitrogens with one attached hydrogen (secondary N) is 1. The number of anilines is 2. The van der Waals surface area contributed by atoms with E-state index in [4.69, 9.17) is 0 Å². The zero-order valence-corrected chi connectivity index (χ0v) is 14.4. The van der Waals surface area contributed by atoms with Gasteiger partial charge in [0.1, 0.15) is 0 Å². The summed E-state index contributed by atoms with van der Waals surface area (Å²) in [6.45, 7) is 3.68. The van der Waals surface area contributed by atoms with E-state index >= 15 is 0 Å². The highest BCUT2D eigenvalue weighted by molar-refractivity contribution is 5.63. The van der Waals surface area contributed by atoms with Crippen LogP contribution in [-0.2, 0) is 6.18 Å². The van der Waals surface area contributed by atoms with Gasteiger partial charge >= 0.3 is 6.18 Å². The predicted molar refractivity (Wildman–Crippen MR) is 92.1 cm³/mol. The Balaban J connectivity index is 1.74. The molecule has 0 unspecified atom stereocenters. The number of rotatable bonds is 3. The molecular formula is C17H14F3N7. The van der Waals surface area contributed by atoms with Gasteiger partial charge in [0, 0.05) is 0 Å². The van der Waals surface area contributed by atoms with Crippen molar-refractivity contribution in [2.75, 3.05) is 5.32 Å². The van der Waals surface area contributed by atoms with E-state index in [-0.39, 0.29) is 11.5 Å². The summed E-state index contributed by atoms with van der Waals surface area (Å²) in [5.41, 5.74) is 3.07. The van der Waals surface area contributed by atoms with Crippen LogP contribution in [0, 0.1) is 13.8 Å². The van der Waals surface area contributed by atoms with Crippen LogP contribution in [0.5, 0.6) is 0 Å². The Kier molecular flexibility index (Phi) is 3.83. The molecule has 4 rings (SSSR count). The summed E-state index contributed by atoms with van der Waals surface area (Å²) in [6, 6.07) is 12.5. The second-order valence-electron chi connectivity index (χ2n) is 5.93. The summed E-state index contributed by atoms with van der Waals surface area (Å²) in [7, 11) is 0. The largest absolute Gasteiger partial charge is 0.453 e. The van der Waals surface area contributed by atoms with Gasteiger partial charge in [0.2, 0.25) is 0 Å². The molecule has 3 aromatic heterocycles. The average molecular weight is 373 g/mol. The third-order valence-electron chi connectivity index (χ3n) is 4.06. The third-order valence-corrected chi connectivity index (χ3v) is 4.06. The first-order chi connectivity index (χ1) is 12.8. The first-order valence-electron chi connectivity index (χ1n) is 8.03. The number of aromatic nitrogens is 6. The van der Waals surface area contributed by atoms with Crippen molar-refractivity contribution < 1.29 is 13.2 Å². The van der Waals surface area contributed by atoms with E-state index in [0.717, 1.165) is 11.4 Å². The Hall–Kier alpha value is -3.43. The first kappa shape index (κ1) is 17.0. The maximum atomic E-state index is 13.0. The Morgan fingerprint density at radius 3 is 2.37 bits per heavy atom. The number of fused-ring (bicyclic) bond motifs is 1. The Morgan fingerprint density at radius 2 is 1.67 bits per heavy atom. The molecule has 3 heterocycles. The summed E-state index contributed by atoms with van der Waals surface area (Å²) in [6.07, 6.45) is -4.64. The van der Waals surface area contributed by atoms with Crippen molar-refractivity contribution in [3.8, 4) is 5.69 Å². The molecule has 0 fully saturated rings. The molecule has 138 valence electrons. The monoisotopic (exact) mass is 373 g/mol. The summed E-state index contributed by atoms with van der Waals surface area (Å²) >= 11 is 0. The maximum Gasteiger partial charge on any atom is 0.453 e. The summed E-state index contributed by atoms with van der Waals surface area (Å²) < 4.78 is 41.5. The van der Waals surface area contributed by atoms with E-state index in [9.17, 15) is 13.2 Å². The summed E-state index contributed by atoms with van der Waals surface area (Å²) in [5, 5.41) is 18.2. The highest BCUT2D eigenvalue weighted by Gasteiger charge is 2.37. The topological polar surface area (TPSA) is 72.9 Å². The molecule has 27 heavy (non-hydrogen) atoms. The van der Waals surface area contributed by atoms with Gasteiger partial charge in [0.25, 0.3) is 5.82 Å². The Bertz CT molecular complexity index is 1110. The molecule has 10 heteroatoms. The minimum atomic E-state index is -4.64. The van der Waals surface area contributed by atoms with Gasteiger partial charge in [-0.15, -0.1) is 15.3 Å². The minimum Gasteiger partial charge on any atom is -0.336 e. The van der Waals surface area contributed by atoms with Gasteiger partial charge in [-0.2, -0.15) is 22.8 Å². The molecule has 0 amide bonds. The molecule has 0 atom stereocenters. The third kappa shape index (κ3) is 2.98. The van der Waals surface area contributed by atoms with Crippen LogP contribution in [0.2, 0.25) is 0 Å². The number of benzene rings is 1. The quantitative estimate of drug-likeness (QED) is 0.593. The number of nitrogens with zero attached hydrogens (tertiary/aromatic N) is 6. The lowest BCUT2D eigenvalue weighted by Crippen LogP contribution is -2.13. The van der Waals surface area contributed by atoms with Crippen LogP contribution in [0.25, 0.3) is 11.3 Å². The fourth-order valence-corrected chi connectivity index (χ4v) is 2.80. The van der Waals surface area contributed by atoms with Crippen molar-refractivity contribution in [1.29, 1.82) is 0 Å². The van der Waals surface area contributed by atoms with Gasteiger partial charge in [-0.3, -0.25) is 0 Å². The van der Waals surface area contributed by atoms with Crippen LogP contribution >= 0.6 is 0 Å². The fraction of sp³-hybridized carbons (Fsp3) is 0.176. The van der Waals surface area contributed by atoms with Crippen molar-refractivity contribution in [2.45, 2.75) is 20.0 Å². The van der Waals surface area contributed by atoms with Gasteiger partial charge in [-0.1, -0.05) is 18.2 Å². The van der Waals surface area contributed by atoms with Gasteiger partial charge in [0.05, 0.1) is 22.8 Å². The highest BCUT2D eigenvalue weighted by atomic mass is 19.4. The van der Waals surface area contributed by atoms with E-state index in [0.29, 0.717) is 15.9 Å². The molecule has 0 bridgehead atoms. The number of halogens is 3. The van der Waals surface area contributed by atoms with Crippen molar-refractivity contribution >= 4 is 17.2 Å². The van der Waals surface area contributed by atoms with Gasteiger partial charge < -0.3 is 5.32 Å². The van der Waals surface area contributed by atoms with Crippen LogP contribution in [0.15, 0.2) is 42.5 Å². The number of aryl methyl sites for hydroxylation is 1. The zero-order chi connectivity index (χ0) is 19.2. The summed E-state index contributed by atoms with van der Waals surface area (Å²) in [5.74, 6) is -0.943. The maximum absolute atomic E-state index is 13.0. The van der Waals surface area contributed by atoms with E-state index in [2.05, 4.69) is 25.7 Å². The van der Waals surface area contributed by atoms with Gasteiger partial charge in [-0.05, 0) is 38.1 Å². The van der Waals surface area contributed by atoms with Crippen molar-refractivity contribution in [3.05, 3.63) is 59.7 Å². The molecule has 0 aliphatic heterocycles. The number of hydrogen-bond acceptors (Lipinski definition) is 5. The van der Waals surface area contributed by atoms with Crippen LogP contribution in [0.4, 0.5) is 24.7 Å². The molecule has 4 aromatic rings. The fourth-order valence-electron chi connectivity index (χ4n) is 2.80. The molecule has 1 N–H and O–H groups in total. The van der Waals surface area contributed by atoms with Crippen molar-refractivity contribution in [2.24, 2.45) is 0 Å². The van der Waals surface area contributed by atoms with Crippen LogP contribution in [0.1, 0.15) is 17.2 Å². The predicted octanol–water partition coefficient (Wildman–Crippen LogP) is 3.69. The molecule has 0 saturated carbocycles. The van der Waals surface area contributed by atoms with Crippen molar-refractivity contribution in [1.82, 2.24) is 29.6 Å². The normalized spacial score (nSPS) is 11.9. The molecular weight excluding hydrogens is 359 g/mol. The Morgan fingerprint density at radius 1 is 0.926 bits per heavy atom. The molecule has 7 nitrogen and oxygen atoms in total. The number of hydrogen-bond donors (Lipinski definition) is 1. The van der Waals surface area contributed by atoms with E-state index in [1.807, 2.05) is 44.2 Å². The standard InChI is InChI=1S/C17H14F3N7/c1-10-15(11(2)26(24-10)12-6-4-3-5-7-12)21-13-8-9-14-22-23-16(17(18,19)20)27(14)25-13/h3-9H,1-2H3,(H,21,25). The number of alkyl halides is 3. The summed E-state index contributed by atoms with van der Waals surface area (Å²) in [4.78, 5) is 0. The highest BCUT2D eigenvalue weighted by Crippen LogP contribution is 2.29. The minimum absolute atomic E-state index is 0.0151. The zero-order valence-electron chi connectivity index (χ0n) is 14.4. The van der Waals surface area contributed by atoms with Gasteiger partial charge in [-0.25, -0.2) is 4.68 Å². The molecule has 0 radical (unpaired) electrons. The van der Waals surface area contributed by atoms with Gasteiger partial charge in [0.15, 0.2) is 11.5 Å². The van der Waals surface area contributed by atoms with Crippen LogP contribution in [-0.4, -0.2) is 29.6 Å². The SMILES string of the molecule is Cc1nn(-c2ccccc2)c(C)c1Nc1ccc2nnc(C(F)(F)F)n2n1. The van der Waals surface area contributed by atoms with Crippen LogP contribution in [0.3, 0.4) is 0 Å². The lowest BCUT2D eigenvalue weighted by molar-refractivity contribution is -0.146. The van der Waals surface area contributed by atoms with E-state index < -0.39 is 12.0 Å². The average Bonchev–Trinajstić information content (AvgIpc) is 3.18. The second kappa shape index (κ2) is 6.08. The molecule has 0 saturated heterocycles. The second-order valence-corrected chi connectivity index (χ2v) is 5.93. The van der Waals surface area contributed by atoms with Crippen molar-refractivity contribution in [3.63, 3.8) is 0 Å². The number of para-hydroxylation sites is 1. The molecule has 0 aliphatic carbocycles. The molecule has 0 aliphatic rings. The lowest BCUT2D eigenvalue weighted by atomic mass is 10.3. The molecule has 1 aromatic carbocycles. The van der Waals surface area contributed by atoms with Crippen LogP contribution < -0.4 is 5.32 Å². The first-order valence-corrected chi connectivity index (χ1v) is 8.03. The van der Waals surface area contributed by atoms with E-state index in [1.54, 1.807) is 10.7 Å². The molecule has 0 spiro atoms. The lowest BCUT2D eigenvalue weighted by Gasteiger charge is -2.08. The smallest absolute Gasteiger partial charge is 0.336 e. The van der Waals surface area contributed by atoms with E-state index in [1.165, 1.54) is 6.07 Å². The Labute approximate surface area is 151 Å².